The molecule has 5 nitrogen and oxygen atoms in total. The second-order valence-corrected chi connectivity index (χ2v) is 6.25. The first-order valence-corrected chi connectivity index (χ1v) is 7.68. The van der Waals surface area contributed by atoms with Gasteiger partial charge in [-0.1, -0.05) is 19.9 Å². The quantitative estimate of drug-likeness (QED) is 0.847. The normalized spacial score (nSPS) is 11.9. The van der Waals surface area contributed by atoms with Gasteiger partial charge in [0.25, 0.3) is 5.91 Å². The van der Waals surface area contributed by atoms with Crippen molar-refractivity contribution in [2.24, 2.45) is 5.92 Å². The number of rotatable bonds is 6. The Bertz CT molecular complexity index is 512. The molecule has 0 aromatic heterocycles. The molecule has 5 heteroatoms. The van der Waals surface area contributed by atoms with Gasteiger partial charge in [-0.15, -0.1) is 0 Å². The molecule has 0 unspecified atom stereocenters. The Labute approximate surface area is 133 Å². The van der Waals surface area contributed by atoms with Crippen LogP contribution in [0.1, 0.15) is 44.0 Å². The topological polar surface area (TPSA) is 61.4 Å². The first-order valence-electron chi connectivity index (χ1n) is 7.68. The Morgan fingerprint density at radius 3 is 2.41 bits per heavy atom. The zero-order chi connectivity index (χ0) is 16.7. The zero-order valence-corrected chi connectivity index (χ0v) is 14.1. The third-order valence-corrected chi connectivity index (χ3v) is 3.33. The van der Waals surface area contributed by atoms with Crippen LogP contribution in [0.3, 0.4) is 0 Å². The van der Waals surface area contributed by atoms with Crippen molar-refractivity contribution in [3.8, 4) is 0 Å². The molecule has 0 spiro atoms. The average molecular weight is 305 g/mol. The minimum Gasteiger partial charge on any atom is -0.345 e. The summed E-state index contributed by atoms with van der Waals surface area (Å²) in [5.74, 6) is 0.537. The summed E-state index contributed by atoms with van der Waals surface area (Å²) >= 11 is 0. The van der Waals surface area contributed by atoms with Crippen LogP contribution in [0.2, 0.25) is 0 Å². The molecule has 0 aliphatic rings. The number of urea groups is 1. The number of carbonyl (C=O) groups excluding carboxylic acids is 2. The largest absolute Gasteiger partial charge is 0.345 e. The molecular weight excluding hydrogens is 278 g/mol. The predicted octanol–water partition coefficient (Wildman–Crippen LogP) is 3.33. The molecular formula is C17H27N3O2. The molecule has 0 heterocycles. The Morgan fingerprint density at radius 2 is 1.82 bits per heavy atom. The van der Waals surface area contributed by atoms with Gasteiger partial charge in [-0.05, 0) is 43.9 Å². The number of carbonyl (C=O) groups is 2. The molecule has 1 aromatic rings. The highest BCUT2D eigenvalue weighted by atomic mass is 16.2. The molecule has 0 bridgehead atoms. The molecule has 1 rings (SSSR count). The molecule has 0 radical (unpaired) electrons. The second-order valence-electron chi connectivity index (χ2n) is 6.25. The van der Waals surface area contributed by atoms with Crippen molar-refractivity contribution in [2.45, 2.75) is 39.7 Å². The van der Waals surface area contributed by atoms with E-state index in [4.69, 9.17) is 0 Å². The van der Waals surface area contributed by atoms with Crippen molar-refractivity contribution in [1.82, 2.24) is 10.2 Å². The fraction of sp³-hybridized carbons (Fsp3) is 0.529. The summed E-state index contributed by atoms with van der Waals surface area (Å²) in [6, 6.07) is 6.82. The van der Waals surface area contributed by atoms with Gasteiger partial charge in [0.1, 0.15) is 0 Å². The predicted molar refractivity (Wildman–Crippen MR) is 90.1 cm³/mol. The van der Waals surface area contributed by atoms with Gasteiger partial charge in [0.05, 0.1) is 0 Å². The Balaban J connectivity index is 2.57. The molecule has 0 saturated carbocycles. The summed E-state index contributed by atoms with van der Waals surface area (Å²) in [4.78, 5) is 25.4. The van der Waals surface area contributed by atoms with Crippen LogP contribution >= 0.6 is 0 Å². The molecule has 0 aliphatic heterocycles. The SMILES string of the molecule is CC(C)CC[C@@H](C)NC(=O)Nc1cccc(C(=O)N(C)C)c1. The van der Waals surface area contributed by atoms with Gasteiger partial charge >= 0.3 is 6.03 Å². The molecule has 22 heavy (non-hydrogen) atoms. The van der Waals surface area contributed by atoms with Gasteiger partial charge < -0.3 is 15.5 Å². The minimum absolute atomic E-state index is 0.0886. The summed E-state index contributed by atoms with van der Waals surface area (Å²) in [5.41, 5.74) is 1.16. The Morgan fingerprint density at radius 1 is 1.14 bits per heavy atom. The van der Waals surface area contributed by atoms with Crippen LogP contribution in [0, 0.1) is 5.92 Å². The molecule has 0 fully saturated rings. The van der Waals surface area contributed by atoms with Gasteiger partial charge in [0.15, 0.2) is 0 Å². The number of amides is 3. The third kappa shape index (κ3) is 6.16. The lowest BCUT2D eigenvalue weighted by atomic mass is 10.0. The van der Waals surface area contributed by atoms with Crippen molar-refractivity contribution in [3.05, 3.63) is 29.8 Å². The van der Waals surface area contributed by atoms with E-state index < -0.39 is 0 Å². The fourth-order valence-corrected chi connectivity index (χ4v) is 2.03. The highest BCUT2D eigenvalue weighted by Crippen LogP contribution is 2.12. The van der Waals surface area contributed by atoms with Crippen molar-refractivity contribution < 1.29 is 9.59 Å². The van der Waals surface area contributed by atoms with E-state index in [0.717, 1.165) is 12.8 Å². The molecule has 0 saturated heterocycles. The van der Waals surface area contributed by atoms with E-state index in [1.807, 2.05) is 6.92 Å². The van der Waals surface area contributed by atoms with Crippen LogP contribution in [0.15, 0.2) is 24.3 Å². The van der Waals surface area contributed by atoms with Gasteiger partial charge in [-0.2, -0.15) is 0 Å². The third-order valence-electron chi connectivity index (χ3n) is 3.33. The summed E-state index contributed by atoms with van der Waals surface area (Å²) < 4.78 is 0. The zero-order valence-electron chi connectivity index (χ0n) is 14.1. The number of anilines is 1. The van der Waals surface area contributed by atoms with E-state index in [1.165, 1.54) is 4.90 Å². The molecule has 122 valence electrons. The lowest BCUT2D eigenvalue weighted by molar-refractivity contribution is 0.0827. The molecule has 2 N–H and O–H groups in total. The highest BCUT2D eigenvalue weighted by Gasteiger charge is 2.11. The maximum absolute atomic E-state index is 12.0. The van der Waals surface area contributed by atoms with Crippen LogP contribution in [-0.2, 0) is 0 Å². The van der Waals surface area contributed by atoms with Crippen LogP contribution in [0.5, 0.6) is 0 Å². The maximum Gasteiger partial charge on any atom is 0.319 e. The lowest BCUT2D eigenvalue weighted by Gasteiger charge is -2.16. The second kappa shape index (κ2) is 8.41. The van der Waals surface area contributed by atoms with E-state index >= 15 is 0 Å². The first-order chi connectivity index (χ1) is 10.3. The van der Waals surface area contributed by atoms with Gasteiger partial charge in [0.2, 0.25) is 0 Å². The van der Waals surface area contributed by atoms with Crippen molar-refractivity contribution in [3.63, 3.8) is 0 Å². The highest BCUT2D eigenvalue weighted by molar-refractivity contribution is 5.96. The Kier molecular flexibility index (Phi) is 6.89. The van der Waals surface area contributed by atoms with Crippen LogP contribution in [-0.4, -0.2) is 37.0 Å². The number of hydrogen-bond donors (Lipinski definition) is 2. The van der Waals surface area contributed by atoms with Gasteiger partial charge in [-0.25, -0.2) is 4.79 Å². The summed E-state index contributed by atoms with van der Waals surface area (Å²) in [7, 11) is 3.40. The van der Waals surface area contributed by atoms with Gasteiger partial charge in [-0.3, -0.25) is 4.79 Å². The maximum atomic E-state index is 12.0. The fourth-order valence-electron chi connectivity index (χ4n) is 2.03. The van der Waals surface area contributed by atoms with Crippen LogP contribution < -0.4 is 10.6 Å². The molecule has 1 aromatic carbocycles. The molecule has 1 atom stereocenters. The monoisotopic (exact) mass is 305 g/mol. The smallest absolute Gasteiger partial charge is 0.319 e. The molecule has 3 amide bonds. The average Bonchev–Trinajstić information content (AvgIpc) is 2.44. The van der Waals surface area contributed by atoms with Gasteiger partial charge in [0, 0.05) is 31.4 Å². The van der Waals surface area contributed by atoms with Crippen molar-refractivity contribution in [2.75, 3.05) is 19.4 Å². The number of nitrogens with zero attached hydrogens (tertiary/aromatic N) is 1. The minimum atomic E-state index is -0.245. The number of hydrogen-bond acceptors (Lipinski definition) is 2. The van der Waals surface area contributed by atoms with E-state index in [2.05, 4.69) is 24.5 Å². The standard InChI is InChI=1S/C17H27N3O2/c1-12(2)9-10-13(3)18-17(22)19-15-8-6-7-14(11-15)16(21)20(4)5/h6-8,11-13H,9-10H2,1-5H3,(H2,18,19,22)/t13-/m1/s1. The van der Waals surface area contributed by atoms with E-state index in [0.29, 0.717) is 17.2 Å². The number of benzene rings is 1. The van der Waals surface area contributed by atoms with E-state index in [-0.39, 0.29) is 18.0 Å². The molecule has 0 aliphatic carbocycles. The van der Waals surface area contributed by atoms with Crippen LogP contribution in [0.4, 0.5) is 10.5 Å². The first kappa shape index (κ1) is 18.0. The van der Waals surface area contributed by atoms with Crippen molar-refractivity contribution >= 4 is 17.6 Å². The lowest BCUT2D eigenvalue weighted by Crippen LogP contribution is -2.36. The summed E-state index contributed by atoms with van der Waals surface area (Å²) in [5, 5.41) is 5.68. The van der Waals surface area contributed by atoms with E-state index in [9.17, 15) is 9.59 Å². The van der Waals surface area contributed by atoms with E-state index in [1.54, 1.807) is 38.4 Å². The Hall–Kier alpha value is -2.04. The summed E-state index contributed by atoms with van der Waals surface area (Å²) in [6.45, 7) is 6.33. The number of nitrogens with one attached hydrogen (secondary N) is 2. The van der Waals surface area contributed by atoms with Crippen LogP contribution in [0.25, 0.3) is 0 Å². The van der Waals surface area contributed by atoms with Crippen molar-refractivity contribution in [1.29, 1.82) is 0 Å². The summed E-state index contributed by atoms with van der Waals surface area (Å²) in [6.07, 6.45) is 2.03.